The molecule has 0 aromatic carbocycles. The van der Waals surface area contributed by atoms with Crippen LogP contribution < -0.4 is 10.5 Å². The van der Waals surface area contributed by atoms with E-state index in [4.69, 9.17) is 5.73 Å². The molecule has 0 atom stereocenters. The van der Waals surface area contributed by atoms with Crippen molar-refractivity contribution in [3.05, 3.63) is 0 Å². The Bertz CT molecular complexity index is 266. The van der Waals surface area contributed by atoms with Gasteiger partial charge >= 0.3 is 0 Å². The Morgan fingerprint density at radius 3 is 2.00 bits per heavy atom. The first-order chi connectivity index (χ1) is 7.30. The molecule has 16 heavy (non-hydrogen) atoms. The molecule has 0 saturated carbocycles. The van der Waals surface area contributed by atoms with E-state index in [9.17, 15) is 8.42 Å². The highest BCUT2D eigenvalue weighted by atomic mass is 32.2. The third-order valence-corrected chi connectivity index (χ3v) is 4.30. The Kier molecular flexibility index (Phi) is 7.19. The van der Waals surface area contributed by atoms with Gasteiger partial charge in [0.2, 0.25) is 10.0 Å². The Balaban J connectivity index is 4.20. The molecule has 0 heterocycles. The topological polar surface area (TPSA) is 72.2 Å². The van der Waals surface area contributed by atoms with Gasteiger partial charge in [-0.1, -0.05) is 27.7 Å². The molecule has 4 nitrogen and oxygen atoms in total. The van der Waals surface area contributed by atoms with Crippen LogP contribution in [0.5, 0.6) is 0 Å². The summed E-state index contributed by atoms with van der Waals surface area (Å²) in [6.45, 7) is 9.44. The fourth-order valence-electron chi connectivity index (χ4n) is 1.81. The summed E-state index contributed by atoms with van der Waals surface area (Å²) in [5, 5.41) is 0. The quantitative estimate of drug-likeness (QED) is 0.679. The van der Waals surface area contributed by atoms with Gasteiger partial charge in [0.05, 0.1) is 5.75 Å². The summed E-state index contributed by atoms with van der Waals surface area (Å²) in [6, 6.07) is 0. The second-order valence-electron chi connectivity index (χ2n) is 4.96. The zero-order valence-electron chi connectivity index (χ0n) is 10.9. The summed E-state index contributed by atoms with van der Waals surface area (Å²) in [5.41, 5.74) is 5.30. The van der Waals surface area contributed by atoms with Gasteiger partial charge in [-0.3, -0.25) is 0 Å². The van der Waals surface area contributed by atoms with E-state index in [-0.39, 0.29) is 5.75 Å². The van der Waals surface area contributed by atoms with E-state index in [0.29, 0.717) is 37.3 Å². The minimum Gasteiger partial charge on any atom is -0.330 e. The first-order valence-electron chi connectivity index (χ1n) is 5.97. The first kappa shape index (κ1) is 15.9. The largest absolute Gasteiger partial charge is 0.330 e. The maximum Gasteiger partial charge on any atom is 0.211 e. The van der Waals surface area contributed by atoms with Crippen LogP contribution in [0.25, 0.3) is 0 Å². The van der Waals surface area contributed by atoms with E-state index in [0.717, 1.165) is 0 Å². The summed E-state index contributed by atoms with van der Waals surface area (Å²) >= 11 is 0. The van der Waals surface area contributed by atoms with Gasteiger partial charge in [-0.05, 0) is 30.7 Å². The van der Waals surface area contributed by atoms with Crippen LogP contribution in [0.4, 0.5) is 0 Å². The highest BCUT2D eigenvalue weighted by Gasteiger charge is 2.19. The Morgan fingerprint density at radius 1 is 1.12 bits per heavy atom. The molecular weight excluding hydrogens is 224 g/mol. The summed E-state index contributed by atoms with van der Waals surface area (Å²) in [6.07, 6.45) is 0.517. The molecule has 0 unspecified atom stereocenters. The number of nitrogens with two attached hydrogens (primary N) is 1. The van der Waals surface area contributed by atoms with Crippen LogP contribution in [0.15, 0.2) is 0 Å². The van der Waals surface area contributed by atoms with Gasteiger partial charge in [-0.25, -0.2) is 13.1 Å². The summed E-state index contributed by atoms with van der Waals surface area (Å²) in [4.78, 5) is 0. The van der Waals surface area contributed by atoms with Gasteiger partial charge in [-0.2, -0.15) is 0 Å². The van der Waals surface area contributed by atoms with Gasteiger partial charge in [0.1, 0.15) is 0 Å². The van der Waals surface area contributed by atoms with Crippen molar-refractivity contribution < 1.29 is 8.42 Å². The lowest BCUT2D eigenvalue weighted by Crippen LogP contribution is -2.35. The highest BCUT2D eigenvalue weighted by Crippen LogP contribution is 2.19. The SMILES string of the molecule is CC(C)C(CNS(=O)(=O)CCCN)C(C)C. The van der Waals surface area contributed by atoms with Gasteiger partial charge in [0.15, 0.2) is 0 Å². The predicted molar refractivity (Wildman–Crippen MR) is 68.6 cm³/mol. The average Bonchev–Trinajstić information content (AvgIpc) is 2.13. The van der Waals surface area contributed by atoms with Crippen molar-refractivity contribution in [2.45, 2.75) is 34.1 Å². The third kappa shape index (κ3) is 6.45. The van der Waals surface area contributed by atoms with E-state index >= 15 is 0 Å². The second-order valence-corrected chi connectivity index (χ2v) is 6.89. The minimum absolute atomic E-state index is 0.131. The number of hydrogen-bond acceptors (Lipinski definition) is 3. The lowest BCUT2D eigenvalue weighted by Gasteiger charge is -2.24. The molecule has 0 radical (unpaired) electrons. The van der Waals surface area contributed by atoms with E-state index in [2.05, 4.69) is 32.4 Å². The van der Waals surface area contributed by atoms with Crippen molar-refractivity contribution in [2.75, 3.05) is 18.8 Å². The zero-order valence-corrected chi connectivity index (χ0v) is 11.7. The molecule has 98 valence electrons. The molecule has 0 aromatic heterocycles. The molecule has 0 aliphatic heterocycles. The lowest BCUT2D eigenvalue weighted by atomic mass is 9.86. The highest BCUT2D eigenvalue weighted by molar-refractivity contribution is 7.89. The van der Waals surface area contributed by atoms with E-state index in [1.807, 2.05) is 0 Å². The first-order valence-corrected chi connectivity index (χ1v) is 7.62. The number of hydrogen-bond donors (Lipinski definition) is 2. The van der Waals surface area contributed by atoms with Crippen molar-refractivity contribution in [2.24, 2.45) is 23.5 Å². The maximum atomic E-state index is 11.6. The molecule has 0 saturated heterocycles. The number of sulfonamides is 1. The van der Waals surface area contributed by atoms with E-state index < -0.39 is 10.0 Å². The van der Waals surface area contributed by atoms with Crippen LogP contribution in [0, 0.1) is 17.8 Å². The predicted octanol–water partition coefficient (Wildman–Crippen LogP) is 1.18. The fraction of sp³-hybridized carbons (Fsp3) is 1.00. The van der Waals surface area contributed by atoms with Gasteiger partial charge < -0.3 is 5.73 Å². The molecule has 0 bridgehead atoms. The molecule has 0 amide bonds. The van der Waals surface area contributed by atoms with E-state index in [1.165, 1.54) is 0 Å². The minimum atomic E-state index is -3.14. The second kappa shape index (κ2) is 7.25. The molecule has 0 fully saturated rings. The van der Waals surface area contributed by atoms with Crippen molar-refractivity contribution in [1.29, 1.82) is 0 Å². The van der Waals surface area contributed by atoms with Crippen LogP contribution in [-0.4, -0.2) is 27.3 Å². The average molecular weight is 250 g/mol. The van der Waals surface area contributed by atoms with Crippen LogP contribution in [-0.2, 0) is 10.0 Å². The summed E-state index contributed by atoms with van der Waals surface area (Å²) < 4.78 is 25.8. The maximum absolute atomic E-state index is 11.6. The van der Waals surface area contributed by atoms with Gasteiger partial charge in [-0.15, -0.1) is 0 Å². The van der Waals surface area contributed by atoms with Crippen LogP contribution in [0.3, 0.4) is 0 Å². The van der Waals surface area contributed by atoms with Crippen LogP contribution >= 0.6 is 0 Å². The molecule has 0 aliphatic carbocycles. The molecular formula is C11H26N2O2S. The normalized spacial score (nSPS) is 13.0. The van der Waals surface area contributed by atoms with Gasteiger partial charge in [0.25, 0.3) is 0 Å². The fourth-order valence-corrected chi connectivity index (χ4v) is 2.95. The van der Waals surface area contributed by atoms with Crippen LogP contribution in [0.1, 0.15) is 34.1 Å². The standard InChI is InChI=1S/C11H26N2O2S/c1-9(2)11(10(3)4)8-13-16(14,15)7-5-6-12/h9-11,13H,5-8,12H2,1-4H3. The molecule has 0 aromatic rings. The monoisotopic (exact) mass is 250 g/mol. The molecule has 5 heteroatoms. The van der Waals surface area contributed by atoms with Crippen molar-refractivity contribution in [3.63, 3.8) is 0 Å². The van der Waals surface area contributed by atoms with Crippen LogP contribution in [0.2, 0.25) is 0 Å². The molecule has 0 spiro atoms. The van der Waals surface area contributed by atoms with Crippen molar-refractivity contribution in [1.82, 2.24) is 4.72 Å². The Labute approximate surface area is 100 Å². The van der Waals surface area contributed by atoms with Crippen molar-refractivity contribution in [3.8, 4) is 0 Å². The summed E-state index contributed by atoms with van der Waals surface area (Å²) in [5.74, 6) is 1.48. The van der Waals surface area contributed by atoms with Gasteiger partial charge in [0, 0.05) is 6.54 Å². The van der Waals surface area contributed by atoms with Crippen molar-refractivity contribution >= 4 is 10.0 Å². The Morgan fingerprint density at radius 2 is 1.62 bits per heavy atom. The molecule has 0 aliphatic rings. The third-order valence-electron chi connectivity index (χ3n) is 2.87. The Hall–Kier alpha value is -0.130. The molecule has 0 rings (SSSR count). The number of rotatable bonds is 8. The smallest absolute Gasteiger partial charge is 0.211 e. The summed E-state index contributed by atoms with van der Waals surface area (Å²) in [7, 11) is -3.14. The number of nitrogens with one attached hydrogen (secondary N) is 1. The van der Waals surface area contributed by atoms with E-state index in [1.54, 1.807) is 0 Å². The zero-order chi connectivity index (χ0) is 12.8. The lowest BCUT2D eigenvalue weighted by molar-refractivity contribution is 0.289. The molecule has 3 N–H and O–H groups in total.